The van der Waals surface area contributed by atoms with Crippen LogP contribution in [0.2, 0.25) is 0 Å². The van der Waals surface area contributed by atoms with Crippen LogP contribution in [0, 0.1) is 0 Å². The van der Waals surface area contributed by atoms with Crippen molar-refractivity contribution >= 4 is 11.8 Å². The van der Waals surface area contributed by atoms with E-state index in [9.17, 15) is 9.59 Å². The molecule has 17 heavy (non-hydrogen) atoms. The maximum absolute atomic E-state index is 12.5. The third kappa shape index (κ3) is 1.96. The van der Waals surface area contributed by atoms with E-state index >= 15 is 0 Å². The molecule has 0 radical (unpaired) electrons. The third-order valence-corrected chi connectivity index (χ3v) is 3.91. The summed E-state index contributed by atoms with van der Waals surface area (Å²) in [7, 11) is 0. The molecular weight excluding hydrogens is 216 g/mol. The fourth-order valence-corrected chi connectivity index (χ4v) is 2.86. The number of nitrogens with zero attached hydrogens (tertiary/aromatic N) is 1. The molecule has 1 spiro atoms. The first-order valence-corrected chi connectivity index (χ1v) is 6.35. The quantitative estimate of drug-likeness (QED) is 0.733. The van der Waals surface area contributed by atoms with Crippen molar-refractivity contribution in [2.75, 3.05) is 6.54 Å². The highest BCUT2D eigenvalue weighted by Gasteiger charge is 2.49. The summed E-state index contributed by atoms with van der Waals surface area (Å²) in [6.07, 6.45) is 6.42. The molecule has 1 aliphatic carbocycles. The normalized spacial score (nSPS) is 28.1. The first kappa shape index (κ1) is 12.1. The van der Waals surface area contributed by atoms with E-state index in [2.05, 4.69) is 11.9 Å². The number of rotatable bonds is 2. The molecule has 1 atom stereocenters. The number of nitrogens with one attached hydrogen (secondary N) is 1. The Labute approximate surface area is 102 Å². The van der Waals surface area contributed by atoms with Gasteiger partial charge >= 0.3 is 0 Å². The van der Waals surface area contributed by atoms with Gasteiger partial charge in [0.2, 0.25) is 11.8 Å². The van der Waals surface area contributed by atoms with Crippen LogP contribution >= 0.6 is 0 Å². The van der Waals surface area contributed by atoms with Gasteiger partial charge in [-0.3, -0.25) is 9.59 Å². The lowest BCUT2D eigenvalue weighted by Gasteiger charge is -2.46. The molecule has 2 aliphatic rings. The molecule has 1 saturated carbocycles. The Hall–Kier alpha value is -1.32. The van der Waals surface area contributed by atoms with Gasteiger partial charge in [0.1, 0.15) is 11.6 Å². The highest BCUT2D eigenvalue weighted by atomic mass is 16.2. The standard InChI is InChI=1S/C13H20N2O2/c1-3-9-15-10(2)11(16)14-13(12(15)17)7-5-4-6-8-13/h3,10H,1,4-9H2,2H3,(H,14,16). The Bertz CT molecular complexity index is 345. The van der Waals surface area contributed by atoms with Gasteiger partial charge < -0.3 is 10.2 Å². The van der Waals surface area contributed by atoms with Crippen molar-refractivity contribution in [2.45, 2.75) is 50.6 Å². The molecule has 0 bridgehead atoms. The zero-order valence-electron chi connectivity index (χ0n) is 10.4. The predicted octanol–water partition coefficient (Wildman–Crippen LogP) is 1.22. The number of piperazine rings is 1. The van der Waals surface area contributed by atoms with Gasteiger partial charge in [-0.2, -0.15) is 0 Å². The zero-order valence-corrected chi connectivity index (χ0v) is 10.4. The first-order chi connectivity index (χ1) is 8.10. The number of amides is 2. The van der Waals surface area contributed by atoms with E-state index in [1.54, 1.807) is 17.9 Å². The second-order valence-electron chi connectivity index (χ2n) is 5.05. The van der Waals surface area contributed by atoms with E-state index in [-0.39, 0.29) is 17.9 Å². The van der Waals surface area contributed by atoms with E-state index in [0.29, 0.717) is 6.54 Å². The monoisotopic (exact) mass is 236 g/mol. The van der Waals surface area contributed by atoms with Crippen LogP contribution in [0.25, 0.3) is 0 Å². The Kier molecular flexibility index (Phi) is 3.22. The molecule has 1 N–H and O–H groups in total. The average molecular weight is 236 g/mol. The second-order valence-corrected chi connectivity index (χ2v) is 5.05. The van der Waals surface area contributed by atoms with E-state index < -0.39 is 5.54 Å². The van der Waals surface area contributed by atoms with Gasteiger partial charge in [0.25, 0.3) is 0 Å². The molecule has 2 fully saturated rings. The molecule has 0 aromatic heterocycles. The van der Waals surface area contributed by atoms with Gasteiger partial charge in [0.15, 0.2) is 0 Å². The molecule has 94 valence electrons. The summed E-state index contributed by atoms with van der Waals surface area (Å²) < 4.78 is 0. The van der Waals surface area contributed by atoms with Crippen LogP contribution in [-0.2, 0) is 9.59 Å². The molecular formula is C13H20N2O2. The maximum atomic E-state index is 12.5. The molecule has 0 aromatic carbocycles. The summed E-state index contributed by atoms with van der Waals surface area (Å²) in [5.41, 5.74) is -0.620. The van der Waals surface area contributed by atoms with Crippen LogP contribution in [-0.4, -0.2) is 34.8 Å². The van der Waals surface area contributed by atoms with Crippen molar-refractivity contribution < 1.29 is 9.59 Å². The summed E-state index contributed by atoms with van der Waals surface area (Å²) in [6, 6.07) is -0.381. The maximum Gasteiger partial charge on any atom is 0.249 e. The first-order valence-electron chi connectivity index (χ1n) is 6.35. The lowest BCUT2D eigenvalue weighted by atomic mass is 9.78. The molecule has 1 saturated heterocycles. The van der Waals surface area contributed by atoms with Crippen molar-refractivity contribution in [1.29, 1.82) is 0 Å². The number of hydrogen-bond donors (Lipinski definition) is 1. The van der Waals surface area contributed by atoms with Crippen LogP contribution in [0.4, 0.5) is 0 Å². The van der Waals surface area contributed by atoms with Gasteiger partial charge in [-0.25, -0.2) is 0 Å². The zero-order chi connectivity index (χ0) is 12.5. The smallest absolute Gasteiger partial charge is 0.249 e. The average Bonchev–Trinajstić information content (AvgIpc) is 2.34. The Morgan fingerprint density at radius 2 is 2.06 bits per heavy atom. The molecule has 1 aliphatic heterocycles. The highest BCUT2D eigenvalue weighted by Crippen LogP contribution is 2.33. The molecule has 4 nitrogen and oxygen atoms in total. The van der Waals surface area contributed by atoms with Crippen molar-refractivity contribution in [1.82, 2.24) is 10.2 Å². The summed E-state index contributed by atoms with van der Waals surface area (Å²) in [6.45, 7) is 5.88. The van der Waals surface area contributed by atoms with Gasteiger partial charge in [0.05, 0.1) is 0 Å². The molecule has 2 amide bonds. The molecule has 4 heteroatoms. The number of hydrogen-bond acceptors (Lipinski definition) is 2. The van der Waals surface area contributed by atoms with Crippen molar-refractivity contribution in [3.63, 3.8) is 0 Å². The Morgan fingerprint density at radius 3 is 2.65 bits per heavy atom. The van der Waals surface area contributed by atoms with Crippen LogP contribution in [0.15, 0.2) is 12.7 Å². The summed E-state index contributed by atoms with van der Waals surface area (Å²) in [4.78, 5) is 26.1. The number of carbonyl (C=O) groups is 2. The highest BCUT2D eigenvalue weighted by molar-refractivity contribution is 5.99. The summed E-state index contributed by atoms with van der Waals surface area (Å²) >= 11 is 0. The molecule has 1 heterocycles. The summed E-state index contributed by atoms with van der Waals surface area (Å²) in [5, 5.41) is 2.96. The molecule has 1 unspecified atom stereocenters. The second kappa shape index (κ2) is 4.51. The third-order valence-electron chi connectivity index (χ3n) is 3.91. The minimum Gasteiger partial charge on any atom is -0.340 e. The lowest BCUT2D eigenvalue weighted by molar-refractivity contribution is -0.155. The van der Waals surface area contributed by atoms with Crippen LogP contribution in [0.5, 0.6) is 0 Å². The van der Waals surface area contributed by atoms with Crippen molar-refractivity contribution in [2.24, 2.45) is 0 Å². The Balaban J connectivity index is 2.26. The van der Waals surface area contributed by atoms with Gasteiger partial charge in [-0.15, -0.1) is 6.58 Å². The minimum absolute atomic E-state index is 0.0339. The predicted molar refractivity (Wildman–Crippen MR) is 65.3 cm³/mol. The Morgan fingerprint density at radius 1 is 1.41 bits per heavy atom. The fourth-order valence-electron chi connectivity index (χ4n) is 2.86. The SMILES string of the molecule is C=CCN1C(=O)C2(CCCCC2)NC(=O)C1C. The molecule has 0 aromatic rings. The van der Waals surface area contributed by atoms with E-state index in [1.165, 1.54) is 0 Å². The van der Waals surface area contributed by atoms with E-state index in [4.69, 9.17) is 0 Å². The molecule has 2 rings (SSSR count). The summed E-state index contributed by atoms with van der Waals surface area (Å²) in [5.74, 6) is 0.0394. The fraction of sp³-hybridized carbons (Fsp3) is 0.692. The van der Waals surface area contributed by atoms with Crippen LogP contribution < -0.4 is 5.32 Å². The lowest BCUT2D eigenvalue weighted by Crippen LogP contribution is -2.70. The van der Waals surface area contributed by atoms with E-state index in [1.807, 2.05) is 0 Å². The van der Waals surface area contributed by atoms with Crippen LogP contribution in [0.1, 0.15) is 39.0 Å². The van der Waals surface area contributed by atoms with E-state index in [0.717, 1.165) is 32.1 Å². The van der Waals surface area contributed by atoms with Gasteiger partial charge in [-0.1, -0.05) is 25.3 Å². The van der Waals surface area contributed by atoms with Gasteiger partial charge in [0, 0.05) is 6.54 Å². The van der Waals surface area contributed by atoms with Crippen LogP contribution in [0.3, 0.4) is 0 Å². The largest absolute Gasteiger partial charge is 0.340 e. The number of carbonyl (C=O) groups excluding carboxylic acids is 2. The van der Waals surface area contributed by atoms with Gasteiger partial charge in [-0.05, 0) is 19.8 Å². The van der Waals surface area contributed by atoms with Crippen molar-refractivity contribution in [3.8, 4) is 0 Å². The topological polar surface area (TPSA) is 49.4 Å². The van der Waals surface area contributed by atoms with Crippen molar-refractivity contribution in [3.05, 3.63) is 12.7 Å². The minimum atomic E-state index is -0.620.